The van der Waals surface area contributed by atoms with Crippen molar-refractivity contribution in [2.45, 2.75) is 77.6 Å². The average Bonchev–Trinajstić information content (AvgIpc) is 2.88. The van der Waals surface area contributed by atoms with Gasteiger partial charge in [0.05, 0.1) is 17.6 Å². The molecule has 4 N–H and O–H groups in total. The second kappa shape index (κ2) is 12.6. The normalized spacial score (nSPS) is 17.7. The summed E-state index contributed by atoms with van der Waals surface area (Å²) in [6.45, 7) is 9.27. The Morgan fingerprint density at radius 2 is 1.92 bits per heavy atom. The van der Waals surface area contributed by atoms with Gasteiger partial charge in [0.2, 0.25) is 0 Å². The molecule has 0 bridgehead atoms. The van der Waals surface area contributed by atoms with Crippen molar-refractivity contribution in [1.29, 1.82) is 0 Å². The highest BCUT2D eigenvalue weighted by molar-refractivity contribution is 6.36. The number of rotatable bonds is 8. The van der Waals surface area contributed by atoms with E-state index in [1.165, 1.54) is 5.56 Å². The summed E-state index contributed by atoms with van der Waals surface area (Å²) < 4.78 is 5.57. The first-order valence-electron chi connectivity index (χ1n) is 13.3. The summed E-state index contributed by atoms with van der Waals surface area (Å²) in [6.07, 6.45) is 4.57. The molecule has 0 aliphatic carbocycles. The molecule has 1 aliphatic heterocycles. The Bertz CT molecular complexity index is 1300. The zero-order valence-electron chi connectivity index (χ0n) is 23.0. The average molecular weight is 571 g/mol. The molecule has 39 heavy (non-hydrogen) atoms. The summed E-state index contributed by atoms with van der Waals surface area (Å²) in [5, 5.41) is 8.19. The molecule has 9 heteroatoms. The molecule has 4 rings (SSSR count). The predicted molar refractivity (Wildman–Crippen MR) is 158 cm³/mol. The molecule has 0 spiro atoms. The lowest BCUT2D eigenvalue weighted by Crippen LogP contribution is -2.51. The Hall–Kier alpha value is -2.71. The lowest BCUT2D eigenvalue weighted by molar-refractivity contribution is -0.158. The molecular weight excluding hydrogens is 533 g/mol. The number of piperidine rings is 1. The van der Waals surface area contributed by atoms with Crippen LogP contribution in [0.4, 0.5) is 5.82 Å². The summed E-state index contributed by atoms with van der Waals surface area (Å²) in [7, 11) is 0. The number of carbonyl (C=O) groups excluding carboxylic acids is 1. The minimum absolute atomic E-state index is 0.187. The van der Waals surface area contributed by atoms with Crippen LogP contribution in [0, 0.1) is 6.92 Å². The summed E-state index contributed by atoms with van der Waals surface area (Å²) in [4.78, 5) is 21.7. The van der Waals surface area contributed by atoms with Crippen molar-refractivity contribution in [2.24, 2.45) is 0 Å². The highest BCUT2D eigenvalue weighted by atomic mass is 35.5. The minimum Gasteiger partial charge on any atom is -0.459 e. The van der Waals surface area contributed by atoms with Crippen molar-refractivity contribution >= 4 is 35.0 Å². The number of aromatic nitrogens is 2. The van der Waals surface area contributed by atoms with E-state index in [1.54, 1.807) is 6.20 Å². The van der Waals surface area contributed by atoms with Crippen LogP contribution in [0.1, 0.15) is 56.0 Å². The molecule has 0 saturated carbocycles. The standard InChI is InChI=1S/C30H37Cl2N5O2/c1-18-14-19(27-17-36-28(33)25(37-27)11-10-22-23(31)6-5-7-24(22)32)8-9-20(18)16-35-21-12-13-34-26(15-21)29(38)39-30(2,3)4/h5-9,14,17,21,26,34-35H,10-13,15-16H2,1-4H3,(H2,33,36)/t21?,26-/m1/s1. The lowest BCUT2D eigenvalue weighted by Gasteiger charge is -2.32. The van der Waals surface area contributed by atoms with Crippen molar-refractivity contribution < 1.29 is 9.53 Å². The van der Waals surface area contributed by atoms with Crippen LogP contribution in [0.3, 0.4) is 0 Å². The molecule has 3 aromatic rings. The van der Waals surface area contributed by atoms with Crippen LogP contribution in [0.5, 0.6) is 0 Å². The van der Waals surface area contributed by atoms with Gasteiger partial charge in [-0.1, -0.05) is 41.4 Å². The number of benzene rings is 2. The monoisotopic (exact) mass is 569 g/mol. The summed E-state index contributed by atoms with van der Waals surface area (Å²) in [6, 6.07) is 11.7. The van der Waals surface area contributed by atoms with Gasteiger partial charge in [-0.25, -0.2) is 9.97 Å². The summed E-state index contributed by atoms with van der Waals surface area (Å²) in [5.74, 6) is 0.222. The SMILES string of the molecule is Cc1cc(-c2cnc(N)c(CCc3c(Cl)cccc3Cl)n2)ccc1CNC1CCN[C@@H](C(=O)OC(C)(C)C)C1. The third kappa shape index (κ3) is 7.92. The van der Waals surface area contributed by atoms with E-state index in [-0.39, 0.29) is 18.1 Å². The maximum Gasteiger partial charge on any atom is 0.323 e. The number of aryl methyl sites for hydroxylation is 2. The Morgan fingerprint density at radius 3 is 2.62 bits per heavy atom. The topological polar surface area (TPSA) is 102 Å². The molecule has 7 nitrogen and oxygen atoms in total. The summed E-state index contributed by atoms with van der Waals surface area (Å²) >= 11 is 12.7. The maximum atomic E-state index is 12.5. The smallest absolute Gasteiger partial charge is 0.323 e. The number of nitrogens with two attached hydrogens (primary N) is 1. The highest BCUT2D eigenvalue weighted by Crippen LogP contribution is 2.27. The van der Waals surface area contributed by atoms with E-state index in [1.807, 2.05) is 39.0 Å². The van der Waals surface area contributed by atoms with Gasteiger partial charge in [-0.15, -0.1) is 0 Å². The third-order valence-corrected chi connectivity index (χ3v) is 7.57. The molecule has 0 amide bonds. The van der Waals surface area contributed by atoms with Crippen LogP contribution in [0.2, 0.25) is 10.0 Å². The number of anilines is 1. The molecule has 1 aliphatic rings. The second-order valence-electron chi connectivity index (χ2n) is 11.1. The fraction of sp³-hybridized carbons (Fsp3) is 0.433. The van der Waals surface area contributed by atoms with Crippen LogP contribution in [0.25, 0.3) is 11.3 Å². The third-order valence-electron chi connectivity index (χ3n) is 6.87. The van der Waals surface area contributed by atoms with Gasteiger partial charge in [-0.2, -0.15) is 0 Å². The number of nitrogens with zero attached hydrogens (tertiary/aromatic N) is 2. The lowest BCUT2D eigenvalue weighted by atomic mass is 9.98. The molecule has 0 radical (unpaired) electrons. The Kier molecular flexibility index (Phi) is 9.49. The summed E-state index contributed by atoms with van der Waals surface area (Å²) in [5.41, 5.74) is 11.4. The molecule has 2 atom stereocenters. The van der Waals surface area contributed by atoms with Crippen LogP contribution in [0.15, 0.2) is 42.6 Å². The number of nitrogen functional groups attached to an aromatic ring is 1. The highest BCUT2D eigenvalue weighted by Gasteiger charge is 2.30. The fourth-order valence-electron chi connectivity index (χ4n) is 4.74. The van der Waals surface area contributed by atoms with E-state index in [4.69, 9.17) is 38.7 Å². The minimum atomic E-state index is -0.489. The molecule has 1 unspecified atom stereocenters. The quantitative estimate of drug-likeness (QED) is 0.300. The molecule has 2 aromatic carbocycles. The Morgan fingerprint density at radius 1 is 1.18 bits per heavy atom. The van der Waals surface area contributed by atoms with Crippen LogP contribution in [-0.2, 0) is 28.9 Å². The van der Waals surface area contributed by atoms with Gasteiger partial charge < -0.3 is 21.1 Å². The van der Waals surface area contributed by atoms with Crippen molar-refractivity contribution in [3.63, 3.8) is 0 Å². The molecule has 1 aromatic heterocycles. The first-order valence-corrected chi connectivity index (χ1v) is 14.1. The molecule has 2 heterocycles. The Balaban J connectivity index is 1.39. The van der Waals surface area contributed by atoms with E-state index in [2.05, 4.69) is 40.7 Å². The van der Waals surface area contributed by atoms with Crippen molar-refractivity contribution in [2.75, 3.05) is 12.3 Å². The first kappa shape index (κ1) is 29.3. The van der Waals surface area contributed by atoms with Crippen molar-refractivity contribution in [1.82, 2.24) is 20.6 Å². The van der Waals surface area contributed by atoms with E-state index in [9.17, 15) is 4.79 Å². The molecule has 208 valence electrons. The number of nitrogens with one attached hydrogen (secondary N) is 2. The van der Waals surface area contributed by atoms with E-state index in [0.717, 1.165) is 47.6 Å². The van der Waals surface area contributed by atoms with Gasteiger partial charge in [-0.3, -0.25) is 4.79 Å². The number of ether oxygens (including phenoxy) is 1. The zero-order valence-corrected chi connectivity index (χ0v) is 24.5. The van der Waals surface area contributed by atoms with Gasteiger partial charge in [0, 0.05) is 28.2 Å². The zero-order chi connectivity index (χ0) is 28.2. The predicted octanol–water partition coefficient (Wildman–Crippen LogP) is 5.68. The number of esters is 1. The van der Waals surface area contributed by atoms with Crippen LogP contribution in [-0.4, -0.2) is 40.2 Å². The fourth-order valence-corrected chi connectivity index (χ4v) is 5.32. The van der Waals surface area contributed by atoms with Crippen molar-refractivity contribution in [3.8, 4) is 11.3 Å². The van der Waals surface area contributed by atoms with Gasteiger partial charge in [0.25, 0.3) is 0 Å². The van der Waals surface area contributed by atoms with Crippen molar-refractivity contribution in [3.05, 3.63) is 75.0 Å². The van der Waals surface area contributed by atoms with Crippen LogP contribution >= 0.6 is 23.2 Å². The van der Waals surface area contributed by atoms with Gasteiger partial charge in [0.15, 0.2) is 0 Å². The van der Waals surface area contributed by atoms with Gasteiger partial charge >= 0.3 is 5.97 Å². The second-order valence-corrected chi connectivity index (χ2v) is 11.9. The van der Waals surface area contributed by atoms with E-state index < -0.39 is 5.60 Å². The largest absolute Gasteiger partial charge is 0.459 e. The number of halogens is 2. The van der Waals surface area contributed by atoms with E-state index >= 15 is 0 Å². The van der Waals surface area contributed by atoms with Gasteiger partial charge in [0.1, 0.15) is 17.5 Å². The molecule has 1 fully saturated rings. The van der Waals surface area contributed by atoms with Crippen LogP contribution < -0.4 is 16.4 Å². The molecular formula is C30H37Cl2N5O2. The maximum absolute atomic E-state index is 12.5. The number of carbonyl (C=O) groups is 1. The Labute approximate surface area is 240 Å². The number of hydrogen-bond donors (Lipinski definition) is 3. The molecule has 1 saturated heterocycles. The number of hydrogen-bond acceptors (Lipinski definition) is 7. The van der Waals surface area contributed by atoms with Gasteiger partial charge in [-0.05, 0) is 94.8 Å². The van der Waals surface area contributed by atoms with E-state index in [0.29, 0.717) is 35.1 Å². The first-order chi connectivity index (χ1) is 18.5.